The van der Waals surface area contributed by atoms with Crippen LogP contribution in [0, 0.1) is 0 Å². The second-order valence-corrected chi connectivity index (χ2v) is 3.75. The van der Waals surface area contributed by atoms with E-state index in [-0.39, 0.29) is 0 Å². The van der Waals surface area contributed by atoms with Gasteiger partial charge < -0.3 is 15.2 Å². The fourth-order valence-electron chi connectivity index (χ4n) is 1.09. The van der Waals surface area contributed by atoms with E-state index in [2.05, 4.69) is 4.98 Å². The van der Waals surface area contributed by atoms with Crippen LogP contribution in [-0.4, -0.2) is 23.2 Å². The van der Waals surface area contributed by atoms with Gasteiger partial charge in [-0.3, -0.25) is 0 Å². The molecule has 1 aromatic heterocycles. The average Bonchev–Trinajstić information content (AvgIpc) is 2.21. The van der Waals surface area contributed by atoms with Gasteiger partial charge in [0, 0.05) is 0 Å². The van der Waals surface area contributed by atoms with E-state index >= 15 is 0 Å². The number of carbonyl (C=O) groups excluding carboxylic acids is 1. The highest BCUT2D eigenvalue weighted by atomic mass is 16.6. The molecule has 0 unspecified atom stereocenters. The van der Waals surface area contributed by atoms with Crippen LogP contribution in [0.4, 0.5) is 5.82 Å². The monoisotopic (exact) mass is 224 g/mol. The third kappa shape index (κ3) is 3.12. The summed E-state index contributed by atoms with van der Waals surface area (Å²) in [5.74, 6) is 0.473. The minimum atomic E-state index is -1.03. The molecule has 1 aromatic rings. The Kier molecular flexibility index (Phi) is 3.71. The topological polar surface area (TPSA) is 74.4 Å². The first-order chi connectivity index (χ1) is 7.45. The van der Waals surface area contributed by atoms with Gasteiger partial charge in [0.1, 0.15) is 11.6 Å². The number of nitrogens with zero attached hydrogens (tertiary/aromatic N) is 1. The molecule has 16 heavy (non-hydrogen) atoms. The number of nitrogens with two attached hydrogens (primary N) is 1. The van der Waals surface area contributed by atoms with Gasteiger partial charge in [0.2, 0.25) is 0 Å². The first kappa shape index (κ1) is 12.3. The van der Waals surface area contributed by atoms with Crippen molar-refractivity contribution in [3.8, 4) is 5.75 Å². The highest BCUT2D eigenvalue weighted by Crippen LogP contribution is 2.19. The summed E-state index contributed by atoms with van der Waals surface area (Å²) in [6.07, 6.45) is 1.47. The number of esters is 1. The maximum Gasteiger partial charge on any atom is 0.349 e. The number of hydrogen-bond donors (Lipinski definition) is 1. The van der Waals surface area contributed by atoms with Gasteiger partial charge in [-0.05, 0) is 32.9 Å². The predicted octanol–water partition coefficient (Wildman–Crippen LogP) is 1.38. The number of hydrogen-bond acceptors (Lipinski definition) is 5. The molecule has 0 aliphatic rings. The number of nitrogen functional groups attached to an aromatic ring is 1. The molecule has 5 heteroatoms. The van der Waals surface area contributed by atoms with Gasteiger partial charge in [0.25, 0.3) is 0 Å². The van der Waals surface area contributed by atoms with Crippen molar-refractivity contribution in [3.63, 3.8) is 0 Å². The van der Waals surface area contributed by atoms with Crippen LogP contribution in [0.1, 0.15) is 20.8 Å². The maximum atomic E-state index is 11.5. The number of rotatable bonds is 4. The first-order valence-corrected chi connectivity index (χ1v) is 5.03. The molecule has 0 fully saturated rings. The zero-order valence-corrected chi connectivity index (χ0v) is 9.69. The molecular weight excluding hydrogens is 208 g/mol. The van der Waals surface area contributed by atoms with E-state index in [0.29, 0.717) is 18.2 Å². The molecule has 0 atom stereocenters. The van der Waals surface area contributed by atoms with Crippen molar-refractivity contribution in [3.05, 3.63) is 18.3 Å². The molecule has 0 aliphatic carbocycles. The lowest BCUT2D eigenvalue weighted by Crippen LogP contribution is -2.39. The minimum absolute atomic E-state index is 0.325. The lowest BCUT2D eigenvalue weighted by atomic mass is 10.1. The maximum absolute atomic E-state index is 11.5. The summed E-state index contributed by atoms with van der Waals surface area (Å²) < 4.78 is 10.4. The van der Waals surface area contributed by atoms with Crippen molar-refractivity contribution >= 4 is 11.8 Å². The summed E-state index contributed by atoms with van der Waals surface area (Å²) in [6.45, 7) is 5.35. The summed E-state index contributed by atoms with van der Waals surface area (Å²) in [7, 11) is 0. The number of pyridine rings is 1. The van der Waals surface area contributed by atoms with Crippen LogP contribution in [-0.2, 0) is 9.53 Å². The zero-order valence-electron chi connectivity index (χ0n) is 9.69. The van der Waals surface area contributed by atoms with E-state index in [0.717, 1.165) is 0 Å². The smallest absolute Gasteiger partial charge is 0.349 e. The van der Waals surface area contributed by atoms with Gasteiger partial charge in [0.05, 0.1) is 12.8 Å². The average molecular weight is 224 g/mol. The Morgan fingerprint density at radius 1 is 1.50 bits per heavy atom. The van der Waals surface area contributed by atoms with Gasteiger partial charge >= 0.3 is 5.97 Å². The number of ether oxygens (including phenoxy) is 2. The molecule has 0 amide bonds. The molecule has 5 nitrogen and oxygen atoms in total. The van der Waals surface area contributed by atoms with E-state index in [1.54, 1.807) is 32.9 Å². The zero-order chi connectivity index (χ0) is 12.2. The third-order valence-electron chi connectivity index (χ3n) is 1.90. The Balaban J connectivity index is 2.72. The van der Waals surface area contributed by atoms with Crippen LogP contribution in [0.15, 0.2) is 18.3 Å². The second kappa shape index (κ2) is 4.83. The van der Waals surface area contributed by atoms with Crippen molar-refractivity contribution in [1.29, 1.82) is 0 Å². The van der Waals surface area contributed by atoms with Gasteiger partial charge in [0.15, 0.2) is 5.60 Å². The molecule has 88 valence electrons. The summed E-state index contributed by atoms with van der Waals surface area (Å²) in [4.78, 5) is 15.4. The minimum Gasteiger partial charge on any atom is -0.475 e. The van der Waals surface area contributed by atoms with Crippen LogP contribution >= 0.6 is 0 Å². The van der Waals surface area contributed by atoms with E-state index < -0.39 is 11.6 Å². The third-order valence-corrected chi connectivity index (χ3v) is 1.90. The first-order valence-electron chi connectivity index (χ1n) is 5.03. The molecule has 1 heterocycles. The molecule has 0 spiro atoms. The molecule has 0 saturated carbocycles. The van der Waals surface area contributed by atoms with E-state index in [4.69, 9.17) is 15.2 Å². The van der Waals surface area contributed by atoms with Crippen LogP contribution < -0.4 is 10.5 Å². The predicted molar refractivity (Wildman–Crippen MR) is 60.0 cm³/mol. The van der Waals surface area contributed by atoms with Crippen molar-refractivity contribution in [2.45, 2.75) is 26.4 Å². The molecule has 0 aliphatic heterocycles. The number of anilines is 1. The van der Waals surface area contributed by atoms with Crippen LogP contribution in [0.5, 0.6) is 5.75 Å². The largest absolute Gasteiger partial charge is 0.475 e. The van der Waals surface area contributed by atoms with Crippen molar-refractivity contribution in [1.82, 2.24) is 4.98 Å². The summed E-state index contributed by atoms with van der Waals surface area (Å²) >= 11 is 0. The van der Waals surface area contributed by atoms with Crippen LogP contribution in [0.2, 0.25) is 0 Å². The molecule has 1 rings (SSSR count). The molecule has 0 bridgehead atoms. The summed E-state index contributed by atoms with van der Waals surface area (Å²) in [6, 6.07) is 3.26. The van der Waals surface area contributed by atoms with Gasteiger partial charge in [-0.15, -0.1) is 0 Å². The van der Waals surface area contributed by atoms with Crippen LogP contribution in [0.3, 0.4) is 0 Å². The Morgan fingerprint density at radius 2 is 2.19 bits per heavy atom. The Hall–Kier alpha value is -1.78. The van der Waals surface area contributed by atoms with Crippen molar-refractivity contribution < 1.29 is 14.3 Å². The number of aromatic nitrogens is 1. The lowest BCUT2D eigenvalue weighted by molar-refractivity contribution is -0.158. The lowest BCUT2D eigenvalue weighted by Gasteiger charge is -2.23. The Bertz CT molecular complexity index is 360. The summed E-state index contributed by atoms with van der Waals surface area (Å²) in [5, 5.41) is 0. The molecule has 0 radical (unpaired) electrons. The Labute approximate surface area is 94.6 Å². The van der Waals surface area contributed by atoms with Gasteiger partial charge in [-0.25, -0.2) is 9.78 Å². The fourth-order valence-corrected chi connectivity index (χ4v) is 1.09. The summed E-state index contributed by atoms with van der Waals surface area (Å²) in [5.41, 5.74) is 4.41. The number of carbonyl (C=O) groups is 1. The van der Waals surface area contributed by atoms with Crippen molar-refractivity contribution in [2.75, 3.05) is 12.3 Å². The van der Waals surface area contributed by atoms with E-state index in [1.165, 1.54) is 6.20 Å². The highest BCUT2D eigenvalue weighted by Gasteiger charge is 2.31. The van der Waals surface area contributed by atoms with E-state index in [1.807, 2.05) is 0 Å². The normalized spacial score (nSPS) is 10.9. The fraction of sp³-hybridized carbons (Fsp3) is 0.455. The quantitative estimate of drug-likeness (QED) is 0.782. The van der Waals surface area contributed by atoms with Gasteiger partial charge in [-0.1, -0.05) is 0 Å². The SMILES string of the molecule is CCOC(=O)C(C)(C)Oc1ccc(N)nc1. The van der Waals surface area contributed by atoms with Gasteiger partial charge in [-0.2, -0.15) is 0 Å². The Morgan fingerprint density at radius 3 is 2.69 bits per heavy atom. The van der Waals surface area contributed by atoms with Crippen LogP contribution in [0.25, 0.3) is 0 Å². The molecular formula is C11H16N2O3. The molecule has 0 aromatic carbocycles. The second-order valence-electron chi connectivity index (χ2n) is 3.75. The highest BCUT2D eigenvalue weighted by molar-refractivity contribution is 5.79. The molecule has 0 saturated heterocycles. The van der Waals surface area contributed by atoms with E-state index in [9.17, 15) is 4.79 Å². The standard InChI is InChI=1S/C11H16N2O3/c1-4-15-10(14)11(2,3)16-8-5-6-9(12)13-7-8/h5-7H,4H2,1-3H3,(H2,12,13). The molecule has 2 N–H and O–H groups in total. The van der Waals surface area contributed by atoms with Crippen molar-refractivity contribution in [2.24, 2.45) is 0 Å².